The van der Waals surface area contributed by atoms with Gasteiger partial charge in [0.05, 0.1) is 5.56 Å². The first-order valence-corrected chi connectivity index (χ1v) is 14.2. The van der Waals surface area contributed by atoms with E-state index in [1.165, 1.54) is 103 Å². The van der Waals surface area contributed by atoms with Crippen LogP contribution in [0.25, 0.3) is 0 Å². The Kier molecular flexibility index (Phi) is 58.6. The Hall–Kier alpha value is -0.160. The van der Waals surface area contributed by atoms with Gasteiger partial charge in [0.2, 0.25) is 0 Å². The van der Waals surface area contributed by atoms with Crippen LogP contribution in [0.3, 0.4) is 0 Å². The van der Waals surface area contributed by atoms with Gasteiger partial charge in [-0.05, 0) is 12.1 Å². The fourth-order valence-corrected chi connectivity index (χ4v) is 3.34. The normalized spacial score (nSPS) is 9.02. The zero-order valence-corrected chi connectivity index (χ0v) is 33.3. The number of benzene rings is 1. The summed E-state index contributed by atoms with van der Waals surface area (Å²) in [5, 5.41) is 31.4. The molecular formula is C31H55Na3O8. The maximum Gasteiger partial charge on any atom is 1.00 e. The standard InChI is InChI=1S/C18H38.C7H6O2.C4H4O4.C2H4O2.3Na.3H/c1-3-5-7-9-11-13-15-17-18-16-14-12-10-8-6-4-2;8-7(9)6-4-2-1-3-5-6;5-3(6)1-2-4(7)8;1-2(3)4;;;;;;/h3-18H2,1-2H3;1-5H,(H,8,9);1-2H,(H,5,6)(H,7,8);1H3,(H,3,4);;;;;;/q;;;;3*+1;3*-1/b;;2-1+;;;;;;;. The molecule has 0 amide bonds. The van der Waals surface area contributed by atoms with Gasteiger partial charge in [0.1, 0.15) is 0 Å². The van der Waals surface area contributed by atoms with Gasteiger partial charge in [-0.25, -0.2) is 14.4 Å². The van der Waals surface area contributed by atoms with Gasteiger partial charge in [-0.15, -0.1) is 0 Å². The quantitative estimate of drug-likeness (QED) is 0.0998. The number of aliphatic carboxylic acids is 3. The minimum absolute atomic E-state index is 0. The number of carboxylic acid groups (broad SMARTS) is 4. The van der Waals surface area contributed by atoms with Gasteiger partial charge in [-0.3, -0.25) is 4.79 Å². The maximum atomic E-state index is 10.2. The number of unbranched alkanes of at least 4 members (excludes halogenated alkanes) is 15. The van der Waals surface area contributed by atoms with Crippen molar-refractivity contribution in [2.24, 2.45) is 0 Å². The summed E-state index contributed by atoms with van der Waals surface area (Å²) in [5.41, 5.74) is 0.331. The second-order valence-corrected chi connectivity index (χ2v) is 9.15. The molecule has 1 aromatic rings. The van der Waals surface area contributed by atoms with Gasteiger partial charge in [-0.1, -0.05) is 135 Å². The maximum absolute atomic E-state index is 10.2. The Morgan fingerprint density at radius 3 is 0.952 bits per heavy atom. The van der Waals surface area contributed by atoms with Crippen LogP contribution in [0.4, 0.5) is 0 Å². The monoisotopic (exact) mass is 624 g/mol. The second-order valence-electron chi connectivity index (χ2n) is 9.15. The van der Waals surface area contributed by atoms with Crippen LogP contribution in [-0.4, -0.2) is 44.3 Å². The number of hydrogen-bond donors (Lipinski definition) is 4. The molecule has 0 aliphatic rings. The van der Waals surface area contributed by atoms with Crippen molar-refractivity contribution in [2.75, 3.05) is 0 Å². The third kappa shape index (κ3) is 59.3. The largest absolute Gasteiger partial charge is 1.00 e. The van der Waals surface area contributed by atoms with Gasteiger partial charge in [0.15, 0.2) is 0 Å². The van der Waals surface area contributed by atoms with E-state index in [9.17, 15) is 14.4 Å². The molecule has 0 spiro atoms. The van der Waals surface area contributed by atoms with E-state index in [-0.39, 0.29) is 93.0 Å². The van der Waals surface area contributed by atoms with Crippen molar-refractivity contribution < 1.29 is 133 Å². The first-order chi connectivity index (χ1) is 18.6. The van der Waals surface area contributed by atoms with Crippen LogP contribution in [0.2, 0.25) is 0 Å². The van der Waals surface area contributed by atoms with Crippen LogP contribution < -0.4 is 88.7 Å². The summed E-state index contributed by atoms with van der Waals surface area (Å²) in [6.07, 6.45) is 24.5. The molecule has 1 aromatic carbocycles. The molecule has 8 nitrogen and oxygen atoms in total. The van der Waals surface area contributed by atoms with E-state index in [0.29, 0.717) is 17.7 Å². The minimum Gasteiger partial charge on any atom is -1.00 e. The molecule has 4 N–H and O–H groups in total. The van der Waals surface area contributed by atoms with Crippen molar-refractivity contribution in [3.8, 4) is 0 Å². The topological polar surface area (TPSA) is 149 Å². The number of carbonyl (C=O) groups is 4. The summed E-state index contributed by atoms with van der Waals surface area (Å²) in [4.78, 5) is 38.3. The summed E-state index contributed by atoms with van der Waals surface area (Å²) in [6.45, 7) is 5.67. The van der Waals surface area contributed by atoms with E-state index in [2.05, 4.69) is 13.8 Å². The summed E-state index contributed by atoms with van der Waals surface area (Å²) >= 11 is 0. The molecule has 0 saturated heterocycles. The fraction of sp³-hybridized carbons (Fsp3) is 0.613. The Bertz CT molecular complexity index is 740. The summed E-state index contributed by atoms with van der Waals surface area (Å²) in [5.74, 6) is -4.23. The Balaban J connectivity index is -0.0000000587. The van der Waals surface area contributed by atoms with E-state index in [4.69, 9.17) is 25.2 Å². The van der Waals surface area contributed by atoms with Gasteiger partial charge in [0.25, 0.3) is 5.97 Å². The third-order valence-corrected chi connectivity index (χ3v) is 5.35. The first-order valence-electron chi connectivity index (χ1n) is 14.2. The van der Waals surface area contributed by atoms with E-state index in [0.717, 1.165) is 6.92 Å². The summed E-state index contributed by atoms with van der Waals surface area (Å²) in [6, 6.07) is 8.30. The molecular weight excluding hydrogens is 569 g/mol. The molecule has 0 aliphatic carbocycles. The zero-order chi connectivity index (χ0) is 30.2. The first kappa shape index (κ1) is 54.3. The molecule has 0 unspecified atom stereocenters. The molecule has 0 fully saturated rings. The van der Waals surface area contributed by atoms with Crippen LogP contribution in [-0.2, 0) is 14.4 Å². The van der Waals surface area contributed by atoms with Gasteiger partial charge >= 0.3 is 107 Å². The molecule has 0 radical (unpaired) electrons. The van der Waals surface area contributed by atoms with E-state index < -0.39 is 23.9 Å². The van der Waals surface area contributed by atoms with Gasteiger partial charge in [0, 0.05) is 19.1 Å². The Morgan fingerprint density at radius 2 is 0.786 bits per heavy atom. The third-order valence-electron chi connectivity index (χ3n) is 5.35. The van der Waals surface area contributed by atoms with Crippen molar-refractivity contribution >= 4 is 23.9 Å². The van der Waals surface area contributed by atoms with Gasteiger partial charge < -0.3 is 24.7 Å². The predicted molar refractivity (Wildman–Crippen MR) is 160 cm³/mol. The van der Waals surface area contributed by atoms with E-state index in [1.54, 1.807) is 30.3 Å². The molecule has 0 bridgehead atoms. The number of carboxylic acids is 4. The molecule has 11 heteroatoms. The molecule has 0 aliphatic heterocycles. The van der Waals surface area contributed by atoms with Crippen LogP contribution >= 0.6 is 0 Å². The minimum atomic E-state index is -1.26. The zero-order valence-electron chi connectivity index (χ0n) is 30.3. The molecule has 0 aromatic heterocycles. The van der Waals surface area contributed by atoms with Crippen LogP contribution in [0.5, 0.6) is 0 Å². The predicted octanol–water partition coefficient (Wildman–Crippen LogP) is -0.195. The summed E-state index contributed by atoms with van der Waals surface area (Å²) < 4.78 is 0. The van der Waals surface area contributed by atoms with E-state index in [1.807, 2.05) is 0 Å². The van der Waals surface area contributed by atoms with Gasteiger partial charge in [-0.2, -0.15) is 0 Å². The van der Waals surface area contributed by atoms with Crippen molar-refractivity contribution in [3.05, 3.63) is 48.0 Å². The Morgan fingerprint density at radius 1 is 0.548 bits per heavy atom. The van der Waals surface area contributed by atoms with Crippen LogP contribution in [0.15, 0.2) is 42.5 Å². The van der Waals surface area contributed by atoms with Crippen molar-refractivity contribution in [2.45, 2.75) is 124 Å². The molecule has 1 rings (SSSR count). The summed E-state index contributed by atoms with van der Waals surface area (Å²) in [7, 11) is 0. The molecule has 230 valence electrons. The second kappa shape index (κ2) is 45.3. The fourth-order valence-electron chi connectivity index (χ4n) is 3.34. The van der Waals surface area contributed by atoms with Crippen LogP contribution in [0, 0.1) is 0 Å². The van der Waals surface area contributed by atoms with Crippen molar-refractivity contribution in [1.82, 2.24) is 0 Å². The molecule has 0 heterocycles. The SMILES string of the molecule is CC(=O)O.CCCCCCCCCCCCCCCCCC.O=C(O)/C=C/C(=O)O.O=C(O)c1ccccc1.[H-].[H-].[H-].[Na+].[Na+].[Na+]. The Labute approximate surface area is 324 Å². The number of aromatic carboxylic acids is 1. The molecule has 0 atom stereocenters. The smallest absolute Gasteiger partial charge is 1.00 e. The number of rotatable bonds is 18. The van der Waals surface area contributed by atoms with Crippen molar-refractivity contribution in [1.29, 1.82) is 0 Å². The number of hydrogen-bond acceptors (Lipinski definition) is 4. The molecule has 42 heavy (non-hydrogen) atoms. The van der Waals surface area contributed by atoms with E-state index >= 15 is 0 Å². The van der Waals surface area contributed by atoms with Crippen LogP contribution in [0.1, 0.15) is 138 Å². The molecule has 0 saturated carbocycles. The van der Waals surface area contributed by atoms with Crippen molar-refractivity contribution in [3.63, 3.8) is 0 Å². The average molecular weight is 625 g/mol. The average Bonchev–Trinajstić information content (AvgIpc) is 2.88.